The molecule has 0 aromatic heterocycles. The predicted molar refractivity (Wildman–Crippen MR) is 74.2 cm³/mol. The summed E-state index contributed by atoms with van der Waals surface area (Å²) in [6, 6.07) is 12.3. The van der Waals surface area contributed by atoms with Crippen LogP contribution in [0.2, 0.25) is 0 Å². The van der Waals surface area contributed by atoms with Gasteiger partial charge in [-0.1, -0.05) is 12.1 Å². The van der Waals surface area contributed by atoms with Gasteiger partial charge in [-0.2, -0.15) is 0 Å². The predicted octanol–water partition coefficient (Wildman–Crippen LogP) is 3.79. The highest BCUT2D eigenvalue weighted by Crippen LogP contribution is 2.21. The second-order valence-corrected chi connectivity index (χ2v) is 4.77. The minimum Gasteiger partial charge on any atom is -0.493 e. The molecule has 2 aromatic carbocycles. The molecule has 0 saturated carbocycles. The molecule has 0 fully saturated rings. The maximum atomic E-state index is 13.0. The SMILES string of the molecule is Nc1ccc(CCOc2ccc(F)c(Br)c2)cc1. The standard InChI is InChI=1S/C14H13BrFNO/c15-13-9-12(5-6-14(13)16)18-8-7-10-1-3-11(17)4-2-10/h1-6,9H,7-8,17H2. The molecule has 18 heavy (non-hydrogen) atoms. The van der Waals surface area contributed by atoms with Crippen LogP contribution in [0.1, 0.15) is 5.56 Å². The Kier molecular flexibility index (Phi) is 4.20. The van der Waals surface area contributed by atoms with Gasteiger partial charge in [0.25, 0.3) is 0 Å². The summed E-state index contributed by atoms with van der Waals surface area (Å²) in [6.07, 6.45) is 0.787. The summed E-state index contributed by atoms with van der Waals surface area (Å²) in [6.45, 7) is 0.544. The molecule has 2 nitrogen and oxygen atoms in total. The van der Waals surface area contributed by atoms with Crippen LogP contribution in [0.3, 0.4) is 0 Å². The van der Waals surface area contributed by atoms with E-state index in [4.69, 9.17) is 10.5 Å². The molecular weight excluding hydrogens is 297 g/mol. The van der Waals surface area contributed by atoms with Gasteiger partial charge >= 0.3 is 0 Å². The van der Waals surface area contributed by atoms with Gasteiger partial charge in [0.2, 0.25) is 0 Å². The largest absolute Gasteiger partial charge is 0.493 e. The van der Waals surface area contributed by atoms with Crippen molar-refractivity contribution in [2.75, 3.05) is 12.3 Å². The number of anilines is 1. The number of benzene rings is 2. The summed E-state index contributed by atoms with van der Waals surface area (Å²) < 4.78 is 19.0. The van der Waals surface area contributed by atoms with Crippen LogP contribution >= 0.6 is 15.9 Å². The summed E-state index contributed by atoms with van der Waals surface area (Å²) in [4.78, 5) is 0. The minimum atomic E-state index is -0.291. The molecule has 0 aliphatic rings. The van der Waals surface area contributed by atoms with Gasteiger partial charge in [0.15, 0.2) is 0 Å². The second kappa shape index (κ2) is 5.87. The number of hydrogen-bond donors (Lipinski definition) is 1. The molecule has 0 radical (unpaired) electrons. The van der Waals surface area contributed by atoms with E-state index in [-0.39, 0.29) is 5.82 Å². The first-order valence-corrected chi connectivity index (χ1v) is 6.37. The Morgan fingerprint density at radius 1 is 1.11 bits per heavy atom. The zero-order valence-electron chi connectivity index (χ0n) is 9.70. The number of ether oxygens (including phenoxy) is 1. The Hall–Kier alpha value is -1.55. The molecule has 0 saturated heterocycles. The van der Waals surface area contributed by atoms with Crippen LogP contribution in [0.4, 0.5) is 10.1 Å². The van der Waals surface area contributed by atoms with Crippen molar-refractivity contribution >= 4 is 21.6 Å². The maximum Gasteiger partial charge on any atom is 0.137 e. The van der Waals surface area contributed by atoms with Gasteiger partial charge in [-0.05, 0) is 51.8 Å². The lowest BCUT2D eigenvalue weighted by molar-refractivity contribution is 0.321. The van der Waals surface area contributed by atoms with Gasteiger partial charge in [-0.25, -0.2) is 4.39 Å². The highest BCUT2D eigenvalue weighted by molar-refractivity contribution is 9.10. The molecular formula is C14H13BrFNO. The lowest BCUT2D eigenvalue weighted by atomic mass is 10.1. The van der Waals surface area contributed by atoms with Gasteiger partial charge < -0.3 is 10.5 Å². The smallest absolute Gasteiger partial charge is 0.137 e. The van der Waals surface area contributed by atoms with E-state index in [1.165, 1.54) is 6.07 Å². The van der Waals surface area contributed by atoms with Crippen molar-refractivity contribution in [2.24, 2.45) is 0 Å². The Labute approximate surface area is 114 Å². The van der Waals surface area contributed by atoms with Gasteiger partial charge in [0.05, 0.1) is 11.1 Å². The number of rotatable bonds is 4. The van der Waals surface area contributed by atoms with Gasteiger partial charge in [-0.3, -0.25) is 0 Å². The molecule has 0 aliphatic heterocycles. The molecule has 0 aliphatic carbocycles. The van der Waals surface area contributed by atoms with E-state index in [9.17, 15) is 4.39 Å². The fraction of sp³-hybridized carbons (Fsp3) is 0.143. The summed E-state index contributed by atoms with van der Waals surface area (Å²) in [5.74, 6) is 0.361. The molecule has 94 valence electrons. The second-order valence-electron chi connectivity index (χ2n) is 3.92. The van der Waals surface area contributed by atoms with E-state index in [0.717, 1.165) is 17.7 Å². The van der Waals surface area contributed by atoms with Crippen molar-refractivity contribution in [3.63, 3.8) is 0 Å². The Morgan fingerprint density at radius 2 is 1.83 bits per heavy atom. The van der Waals surface area contributed by atoms with E-state index < -0.39 is 0 Å². The molecule has 2 rings (SSSR count). The first-order valence-electron chi connectivity index (χ1n) is 5.57. The third-order valence-corrected chi connectivity index (χ3v) is 3.14. The number of hydrogen-bond acceptors (Lipinski definition) is 2. The van der Waals surface area contributed by atoms with Crippen molar-refractivity contribution in [2.45, 2.75) is 6.42 Å². The Morgan fingerprint density at radius 3 is 2.50 bits per heavy atom. The third kappa shape index (κ3) is 3.47. The number of nitrogens with two attached hydrogens (primary N) is 1. The monoisotopic (exact) mass is 309 g/mol. The van der Waals surface area contributed by atoms with E-state index in [2.05, 4.69) is 15.9 Å². The third-order valence-electron chi connectivity index (χ3n) is 2.53. The molecule has 0 amide bonds. The molecule has 2 aromatic rings. The van der Waals surface area contributed by atoms with E-state index in [0.29, 0.717) is 16.8 Å². The first-order chi connectivity index (χ1) is 8.65. The quantitative estimate of drug-likeness (QED) is 0.872. The fourth-order valence-corrected chi connectivity index (χ4v) is 1.90. The zero-order chi connectivity index (χ0) is 13.0. The molecule has 0 unspecified atom stereocenters. The molecule has 4 heteroatoms. The number of nitrogen functional groups attached to an aromatic ring is 1. The zero-order valence-corrected chi connectivity index (χ0v) is 11.3. The van der Waals surface area contributed by atoms with Crippen molar-refractivity contribution < 1.29 is 9.13 Å². The topological polar surface area (TPSA) is 35.2 Å². The van der Waals surface area contributed by atoms with E-state index >= 15 is 0 Å². The molecule has 0 atom stereocenters. The average Bonchev–Trinajstić information content (AvgIpc) is 2.36. The summed E-state index contributed by atoms with van der Waals surface area (Å²) in [5.41, 5.74) is 7.51. The molecule has 2 N–H and O–H groups in total. The van der Waals surface area contributed by atoms with Crippen LogP contribution in [0.5, 0.6) is 5.75 Å². The van der Waals surface area contributed by atoms with E-state index in [1.807, 2.05) is 24.3 Å². The molecule has 0 heterocycles. The lowest BCUT2D eigenvalue weighted by Crippen LogP contribution is -2.01. The van der Waals surface area contributed by atoms with Crippen LogP contribution in [0, 0.1) is 5.82 Å². The summed E-state index contributed by atoms with van der Waals surface area (Å²) in [5, 5.41) is 0. The molecule has 0 spiro atoms. The Balaban J connectivity index is 1.88. The Bertz CT molecular complexity index is 528. The summed E-state index contributed by atoms with van der Waals surface area (Å²) >= 11 is 3.12. The minimum absolute atomic E-state index is 0.291. The van der Waals surface area contributed by atoms with Gasteiger partial charge in [-0.15, -0.1) is 0 Å². The van der Waals surface area contributed by atoms with Crippen LogP contribution < -0.4 is 10.5 Å². The van der Waals surface area contributed by atoms with Crippen LogP contribution in [-0.2, 0) is 6.42 Å². The lowest BCUT2D eigenvalue weighted by Gasteiger charge is -2.07. The highest BCUT2D eigenvalue weighted by atomic mass is 79.9. The van der Waals surface area contributed by atoms with Crippen molar-refractivity contribution in [1.29, 1.82) is 0 Å². The van der Waals surface area contributed by atoms with E-state index in [1.54, 1.807) is 12.1 Å². The van der Waals surface area contributed by atoms with Crippen LogP contribution in [-0.4, -0.2) is 6.61 Å². The fourth-order valence-electron chi connectivity index (χ4n) is 1.54. The molecule has 0 bridgehead atoms. The number of halogens is 2. The van der Waals surface area contributed by atoms with Crippen molar-refractivity contribution in [1.82, 2.24) is 0 Å². The van der Waals surface area contributed by atoms with Crippen molar-refractivity contribution in [3.8, 4) is 5.75 Å². The van der Waals surface area contributed by atoms with Gasteiger partial charge in [0, 0.05) is 12.1 Å². The normalized spacial score (nSPS) is 10.3. The maximum absolute atomic E-state index is 13.0. The first kappa shape index (κ1) is 12.9. The summed E-state index contributed by atoms with van der Waals surface area (Å²) in [7, 11) is 0. The van der Waals surface area contributed by atoms with Crippen LogP contribution in [0.25, 0.3) is 0 Å². The van der Waals surface area contributed by atoms with Gasteiger partial charge in [0.1, 0.15) is 11.6 Å². The highest BCUT2D eigenvalue weighted by Gasteiger charge is 2.01. The average molecular weight is 310 g/mol. The van der Waals surface area contributed by atoms with Crippen LogP contribution in [0.15, 0.2) is 46.9 Å². The van der Waals surface area contributed by atoms with Crippen molar-refractivity contribution in [3.05, 3.63) is 58.3 Å².